The third-order valence-electron chi connectivity index (χ3n) is 6.07. The molecule has 0 aromatic heterocycles. The van der Waals surface area contributed by atoms with Crippen molar-refractivity contribution in [1.29, 1.82) is 0 Å². The highest BCUT2D eigenvalue weighted by Gasteiger charge is 2.52. The van der Waals surface area contributed by atoms with Crippen molar-refractivity contribution < 1.29 is 54.7 Å². The van der Waals surface area contributed by atoms with E-state index < -0.39 is 98.9 Å². The molecule has 0 aromatic carbocycles. The molecule has 31 heavy (non-hydrogen) atoms. The van der Waals surface area contributed by atoms with Crippen molar-refractivity contribution in [2.45, 2.75) is 92.1 Å². The molecule has 0 spiro atoms. The molecule has 2 saturated heterocycles. The van der Waals surface area contributed by atoms with Gasteiger partial charge in [0.2, 0.25) is 0 Å². The number of aliphatic hydroxyl groups is 7. The normalized spacial score (nSPS) is 53.6. The summed E-state index contributed by atoms with van der Waals surface area (Å²) in [5, 5.41) is 69.4. The minimum absolute atomic E-state index is 0.123. The zero-order valence-corrected chi connectivity index (χ0v) is 16.7. The number of rotatable bonds is 6. The highest BCUT2D eigenvalue weighted by molar-refractivity contribution is 5.01. The maximum absolute atomic E-state index is 10.6. The van der Waals surface area contributed by atoms with Gasteiger partial charge in [0.05, 0.1) is 25.4 Å². The second-order valence-electron chi connectivity index (χ2n) is 8.25. The van der Waals surface area contributed by atoms with Gasteiger partial charge in [-0.3, -0.25) is 0 Å². The molecule has 3 aliphatic rings. The van der Waals surface area contributed by atoms with E-state index >= 15 is 0 Å². The van der Waals surface area contributed by atoms with Crippen molar-refractivity contribution in [3.63, 3.8) is 0 Å². The van der Waals surface area contributed by atoms with Crippen molar-refractivity contribution in [1.82, 2.24) is 0 Å². The molecular formula is C17H33N3O11. The third-order valence-corrected chi connectivity index (χ3v) is 6.07. The predicted octanol–water partition coefficient (Wildman–Crippen LogP) is -6.62. The lowest BCUT2D eigenvalue weighted by Crippen LogP contribution is -2.68. The van der Waals surface area contributed by atoms with Gasteiger partial charge in [0.1, 0.15) is 48.8 Å². The fourth-order valence-electron chi connectivity index (χ4n) is 4.12. The van der Waals surface area contributed by atoms with E-state index in [2.05, 4.69) is 0 Å². The molecule has 13 N–H and O–H groups in total. The first-order valence-corrected chi connectivity index (χ1v) is 10.1. The standard InChI is InChI=1S/C17H33N3O11/c18-4-1-5(19)14(30-16-8(20)12(26)10(24)6(2-21)28-16)15(9(4)23)31-17-13(27)11(25)7(3-22)29-17/h4-17,21-27H,1-3,18-20H2/t4-,5?,6?,7-,8+,9-,10-,11+,12?,13?,14-,15?,16-,17+/m1/s1. The van der Waals surface area contributed by atoms with Crippen molar-refractivity contribution in [3.8, 4) is 0 Å². The average molecular weight is 455 g/mol. The molecule has 0 radical (unpaired) electrons. The summed E-state index contributed by atoms with van der Waals surface area (Å²) in [6.07, 6.45) is -14.5. The topological polar surface area (TPSA) is 257 Å². The maximum Gasteiger partial charge on any atom is 0.187 e. The molecule has 182 valence electrons. The second kappa shape index (κ2) is 10.1. The first-order chi connectivity index (χ1) is 14.6. The van der Waals surface area contributed by atoms with Crippen LogP contribution in [0.1, 0.15) is 6.42 Å². The van der Waals surface area contributed by atoms with Gasteiger partial charge >= 0.3 is 0 Å². The van der Waals surface area contributed by atoms with Crippen molar-refractivity contribution in [2.75, 3.05) is 13.2 Å². The molecule has 3 rings (SSSR count). The fraction of sp³-hybridized carbons (Fsp3) is 1.00. The van der Waals surface area contributed by atoms with Gasteiger partial charge in [0.25, 0.3) is 0 Å². The molecule has 5 unspecified atom stereocenters. The molecule has 0 bridgehead atoms. The summed E-state index contributed by atoms with van der Waals surface area (Å²) in [7, 11) is 0. The van der Waals surface area contributed by atoms with Gasteiger partial charge in [0, 0.05) is 12.1 Å². The quantitative estimate of drug-likeness (QED) is 0.179. The van der Waals surface area contributed by atoms with Crippen molar-refractivity contribution >= 4 is 0 Å². The van der Waals surface area contributed by atoms with Crippen molar-refractivity contribution in [3.05, 3.63) is 0 Å². The molecule has 2 heterocycles. The monoisotopic (exact) mass is 455 g/mol. The fourth-order valence-corrected chi connectivity index (χ4v) is 4.12. The largest absolute Gasteiger partial charge is 0.394 e. The van der Waals surface area contributed by atoms with Crippen LogP contribution in [0.5, 0.6) is 0 Å². The number of aliphatic hydroxyl groups excluding tert-OH is 7. The molecule has 3 fully saturated rings. The van der Waals surface area contributed by atoms with Gasteiger partial charge in [-0.05, 0) is 6.42 Å². The Kier molecular flexibility index (Phi) is 8.21. The zero-order valence-electron chi connectivity index (χ0n) is 16.7. The van der Waals surface area contributed by atoms with Crippen LogP contribution in [-0.2, 0) is 18.9 Å². The SMILES string of the molecule is NC1C[C@@H](N)[C@@H](O)C(O[C@@H]2O[C@H](CO)[C@H](O)C2O)[C@@H]1O[C@H]1OC(CO)[C@@H](O)C(O)[C@@H]1N. The Morgan fingerprint density at radius 1 is 0.645 bits per heavy atom. The van der Waals surface area contributed by atoms with Gasteiger partial charge in [-0.15, -0.1) is 0 Å². The summed E-state index contributed by atoms with van der Waals surface area (Å²) in [5.74, 6) is 0. The van der Waals surface area contributed by atoms with Gasteiger partial charge in [0.15, 0.2) is 12.6 Å². The number of hydrogen-bond donors (Lipinski definition) is 10. The Morgan fingerprint density at radius 3 is 1.74 bits per heavy atom. The van der Waals surface area contributed by atoms with Crippen LogP contribution in [0, 0.1) is 0 Å². The molecule has 14 atom stereocenters. The smallest absolute Gasteiger partial charge is 0.187 e. The van der Waals surface area contributed by atoms with E-state index in [9.17, 15) is 35.7 Å². The Hall–Kier alpha value is -0.560. The second-order valence-corrected chi connectivity index (χ2v) is 8.25. The molecule has 0 amide bonds. The lowest BCUT2D eigenvalue weighted by molar-refractivity contribution is -0.310. The summed E-state index contributed by atoms with van der Waals surface area (Å²) in [6, 6.07) is -2.82. The molecule has 1 aliphatic carbocycles. The summed E-state index contributed by atoms with van der Waals surface area (Å²) >= 11 is 0. The van der Waals surface area contributed by atoms with Gasteiger partial charge in [-0.2, -0.15) is 0 Å². The van der Waals surface area contributed by atoms with Crippen LogP contribution in [0.15, 0.2) is 0 Å². The molecular weight excluding hydrogens is 422 g/mol. The van der Waals surface area contributed by atoms with Crippen LogP contribution in [0.4, 0.5) is 0 Å². The maximum atomic E-state index is 10.6. The summed E-state index contributed by atoms with van der Waals surface area (Å²) in [6.45, 7) is -1.19. The van der Waals surface area contributed by atoms with E-state index in [0.717, 1.165) is 0 Å². The van der Waals surface area contributed by atoms with Gasteiger partial charge < -0.3 is 71.9 Å². The lowest BCUT2D eigenvalue weighted by atomic mass is 9.84. The summed E-state index contributed by atoms with van der Waals surface area (Å²) in [4.78, 5) is 0. The van der Waals surface area contributed by atoms with Crippen LogP contribution in [0.25, 0.3) is 0 Å². The first kappa shape index (κ1) is 25.1. The van der Waals surface area contributed by atoms with E-state index in [-0.39, 0.29) is 6.42 Å². The minimum Gasteiger partial charge on any atom is -0.394 e. The Bertz CT molecular complexity index is 590. The summed E-state index contributed by atoms with van der Waals surface area (Å²) < 4.78 is 22.2. The van der Waals surface area contributed by atoms with E-state index in [1.54, 1.807) is 0 Å². The van der Waals surface area contributed by atoms with Crippen LogP contribution in [-0.4, -0.2) is 135 Å². The molecule has 2 aliphatic heterocycles. The summed E-state index contributed by atoms with van der Waals surface area (Å²) in [5.41, 5.74) is 18.0. The van der Waals surface area contributed by atoms with Crippen molar-refractivity contribution in [2.24, 2.45) is 17.2 Å². The van der Waals surface area contributed by atoms with Crippen LogP contribution in [0.3, 0.4) is 0 Å². The molecule has 14 nitrogen and oxygen atoms in total. The molecule has 14 heteroatoms. The lowest BCUT2D eigenvalue weighted by Gasteiger charge is -2.47. The highest BCUT2D eigenvalue weighted by Crippen LogP contribution is 2.32. The predicted molar refractivity (Wildman–Crippen MR) is 99.8 cm³/mol. The first-order valence-electron chi connectivity index (χ1n) is 10.1. The molecule has 1 saturated carbocycles. The van der Waals surface area contributed by atoms with E-state index in [4.69, 9.17) is 36.1 Å². The highest BCUT2D eigenvalue weighted by atomic mass is 16.7. The van der Waals surface area contributed by atoms with E-state index in [1.807, 2.05) is 0 Å². The molecule has 0 aromatic rings. The van der Waals surface area contributed by atoms with E-state index in [1.165, 1.54) is 0 Å². The number of nitrogens with two attached hydrogens (primary N) is 3. The third kappa shape index (κ3) is 4.87. The van der Waals surface area contributed by atoms with Gasteiger partial charge in [-0.1, -0.05) is 0 Å². The number of hydrogen-bond acceptors (Lipinski definition) is 14. The van der Waals surface area contributed by atoms with Crippen LogP contribution >= 0.6 is 0 Å². The number of ether oxygens (including phenoxy) is 4. The Labute approximate surface area is 178 Å². The minimum atomic E-state index is -1.52. The van der Waals surface area contributed by atoms with Gasteiger partial charge in [-0.25, -0.2) is 0 Å². The Morgan fingerprint density at radius 2 is 1.16 bits per heavy atom. The average Bonchev–Trinajstić information content (AvgIpc) is 3.02. The van der Waals surface area contributed by atoms with Crippen LogP contribution in [0.2, 0.25) is 0 Å². The van der Waals surface area contributed by atoms with E-state index in [0.29, 0.717) is 0 Å². The Balaban J connectivity index is 1.78. The zero-order chi connectivity index (χ0) is 23.0. The van der Waals surface area contributed by atoms with Crippen LogP contribution < -0.4 is 17.2 Å².